The Morgan fingerprint density at radius 2 is 1.22 bits per heavy atom. The summed E-state index contributed by atoms with van der Waals surface area (Å²) in [6.07, 6.45) is 2.95. The van der Waals surface area contributed by atoms with E-state index in [4.69, 9.17) is 33.9 Å². The van der Waals surface area contributed by atoms with Crippen LogP contribution in [0.25, 0.3) is 0 Å². The molecule has 0 radical (unpaired) electrons. The highest BCUT2D eigenvalue weighted by atomic mass is 32.1. The summed E-state index contributed by atoms with van der Waals surface area (Å²) in [5, 5.41) is 25.5. The van der Waals surface area contributed by atoms with Crippen molar-refractivity contribution >= 4 is 58.5 Å². The molecule has 0 aliphatic carbocycles. The van der Waals surface area contributed by atoms with Gasteiger partial charge in [-0.25, -0.2) is 0 Å². The lowest BCUT2D eigenvalue weighted by Gasteiger charge is -2.09. The van der Waals surface area contributed by atoms with Gasteiger partial charge in [0, 0.05) is 34.6 Å². The average molecular weight is 523 g/mol. The summed E-state index contributed by atoms with van der Waals surface area (Å²) in [5.74, 6) is 1.42. The Morgan fingerprint density at radius 1 is 0.778 bits per heavy atom. The Bertz CT molecular complexity index is 1200. The molecule has 0 aromatic heterocycles. The van der Waals surface area contributed by atoms with Gasteiger partial charge in [-0.2, -0.15) is 10.2 Å². The van der Waals surface area contributed by atoms with Gasteiger partial charge in [-0.05, 0) is 73.3 Å². The molecule has 0 amide bonds. The first-order valence-corrected chi connectivity index (χ1v) is 11.5. The molecular weight excluding hydrogens is 496 g/mol. The van der Waals surface area contributed by atoms with Gasteiger partial charge in [0.1, 0.15) is 17.2 Å². The maximum absolute atomic E-state index is 10.7. The summed E-state index contributed by atoms with van der Waals surface area (Å²) in [5.41, 5.74) is 8.86. The highest BCUT2D eigenvalue weighted by Crippen LogP contribution is 2.22. The van der Waals surface area contributed by atoms with Gasteiger partial charge in [0.2, 0.25) is 0 Å². The van der Waals surface area contributed by atoms with Gasteiger partial charge in [-0.1, -0.05) is 12.1 Å². The number of nitrogens with zero attached hydrogens (tertiary/aromatic N) is 2. The van der Waals surface area contributed by atoms with Crippen molar-refractivity contribution < 1.29 is 14.6 Å². The van der Waals surface area contributed by atoms with E-state index < -0.39 is 0 Å². The van der Waals surface area contributed by atoms with E-state index in [9.17, 15) is 5.11 Å². The lowest BCUT2D eigenvalue weighted by Crippen LogP contribution is -2.24. The van der Waals surface area contributed by atoms with Gasteiger partial charge in [0.05, 0.1) is 26.6 Å². The molecule has 3 rings (SSSR count). The number of nitrogens with one attached hydrogen (secondary N) is 4. The summed E-state index contributed by atoms with van der Waals surface area (Å²) >= 11 is 10.5. The van der Waals surface area contributed by atoms with Crippen molar-refractivity contribution in [3.8, 4) is 17.2 Å². The number of methoxy groups -OCH3 is 2. The molecule has 0 heterocycles. The van der Waals surface area contributed by atoms with Crippen molar-refractivity contribution in [3.63, 3.8) is 0 Å². The van der Waals surface area contributed by atoms with Crippen LogP contribution in [0.3, 0.4) is 0 Å². The largest absolute Gasteiger partial charge is 0.507 e. The Morgan fingerprint density at radius 3 is 1.64 bits per heavy atom. The van der Waals surface area contributed by atoms with Crippen LogP contribution in [0.2, 0.25) is 0 Å². The van der Waals surface area contributed by atoms with Crippen LogP contribution in [-0.4, -0.2) is 42.0 Å². The molecule has 9 nitrogen and oxygen atoms in total. The number of hydrogen-bond donors (Lipinski definition) is 5. The van der Waals surface area contributed by atoms with E-state index in [-0.39, 0.29) is 16.0 Å². The second kappa shape index (κ2) is 13.0. The third-order valence-corrected chi connectivity index (χ3v) is 5.09. The number of aryl methyl sites for hydroxylation is 1. The smallest absolute Gasteiger partial charge is 0.191 e. The van der Waals surface area contributed by atoms with Gasteiger partial charge in [-0.15, -0.1) is 0 Å². The number of ether oxygens (including phenoxy) is 2. The van der Waals surface area contributed by atoms with Crippen molar-refractivity contribution in [2.24, 2.45) is 10.2 Å². The fourth-order valence-corrected chi connectivity index (χ4v) is 3.41. The summed E-state index contributed by atoms with van der Waals surface area (Å²) in [6.45, 7) is 1.90. The maximum Gasteiger partial charge on any atom is 0.191 e. The third kappa shape index (κ3) is 7.93. The molecule has 0 bridgehead atoms. The molecule has 5 N–H and O–H groups in total. The lowest BCUT2D eigenvalue weighted by molar-refractivity contribution is 0.415. The summed E-state index contributed by atoms with van der Waals surface area (Å²) in [4.78, 5) is 0. The molecule has 0 aliphatic rings. The SMILES string of the molecule is COc1cccc(NC(=S)NN=Cc2cc(C)cc(/C=N/NC(=S)Nc3cccc(OC)c3)c2O)c1. The zero-order valence-corrected chi connectivity index (χ0v) is 21.5. The fourth-order valence-electron chi connectivity index (χ4n) is 3.07. The number of hydrogen-bond acceptors (Lipinski definition) is 7. The molecule has 0 fully saturated rings. The first kappa shape index (κ1) is 26.4. The Labute approximate surface area is 220 Å². The van der Waals surface area contributed by atoms with Gasteiger partial charge < -0.3 is 25.2 Å². The minimum absolute atomic E-state index is 0.00930. The number of anilines is 2. The van der Waals surface area contributed by atoms with Crippen LogP contribution in [0, 0.1) is 6.92 Å². The quantitative estimate of drug-likeness (QED) is 0.167. The predicted molar refractivity (Wildman–Crippen MR) is 153 cm³/mol. The number of thiocarbonyl (C=S) groups is 2. The number of phenolic OH excluding ortho intramolecular Hbond substituents is 1. The van der Waals surface area contributed by atoms with Crippen LogP contribution in [0.1, 0.15) is 16.7 Å². The van der Waals surface area contributed by atoms with E-state index in [2.05, 4.69) is 31.7 Å². The Kier molecular flexibility index (Phi) is 9.55. The van der Waals surface area contributed by atoms with Gasteiger partial charge >= 0.3 is 0 Å². The molecule has 36 heavy (non-hydrogen) atoms. The van der Waals surface area contributed by atoms with E-state index >= 15 is 0 Å². The molecule has 0 atom stereocenters. The van der Waals surface area contributed by atoms with Crippen LogP contribution >= 0.6 is 24.4 Å². The predicted octanol–water partition coefficient (Wildman–Crippen LogP) is 4.36. The monoisotopic (exact) mass is 522 g/mol. The van der Waals surface area contributed by atoms with Crippen molar-refractivity contribution in [2.75, 3.05) is 24.9 Å². The van der Waals surface area contributed by atoms with E-state index in [0.29, 0.717) is 22.6 Å². The molecule has 3 aromatic carbocycles. The van der Waals surface area contributed by atoms with Crippen molar-refractivity contribution in [1.29, 1.82) is 0 Å². The molecule has 0 saturated carbocycles. The van der Waals surface area contributed by atoms with Crippen LogP contribution in [0.15, 0.2) is 70.9 Å². The van der Waals surface area contributed by atoms with E-state index in [0.717, 1.165) is 16.9 Å². The Balaban J connectivity index is 1.59. The van der Waals surface area contributed by atoms with Crippen LogP contribution in [-0.2, 0) is 0 Å². The third-order valence-electron chi connectivity index (χ3n) is 4.71. The topological polar surface area (TPSA) is 112 Å². The molecular formula is C25H26N6O3S2. The zero-order chi connectivity index (χ0) is 25.9. The summed E-state index contributed by atoms with van der Waals surface area (Å²) in [7, 11) is 3.19. The van der Waals surface area contributed by atoms with Gasteiger partial charge in [0.15, 0.2) is 10.2 Å². The Hall–Kier alpha value is -4.22. The second-order valence-corrected chi connectivity index (χ2v) is 8.22. The number of benzene rings is 3. The average Bonchev–Trinajstić information content (AvgIpc) is 2.86. The number of phenols is 1. The first-order valence-electron chi connectivity index (χ1n) is 10.7. The normalized spacial score (nSPS) is 10.8. The maximum atomic E-state index is 10.7. The van der Waals surface area contributed by atoms with Crippen molar-refractivity contribution in [3.05, 3.63) is 77.4 Å². The molecule has 0 aliphatic heterocycles. The van der Waals surface area contributed by atoms with Gasteiger partial charge in [0.25, 0.3) is 0 Å². The van der Waals surface area contributed by atoms with Crippen LogP contribution < -0.4 is 31.0 Å². The molecule has 11 heteroatoms. The van der Waals surface area contributed by atoms with Crippen LogP contribution in [0.5, 0.6) is 17.2 Å². The van der Waals surface area contributed by atoms with E-state index in [1.165, 1.54) is 12.4 Å². The zero-order valence-electron chi connectivity index (χ0n) is 19.9. The van der Waals surface area contributed by atoms with E-state index in [1.54, 1.807) is 26.4 Å². The fraction of sp³-hybridized carbons (Fsp3) is 0.120. The molecule has 0 unspecified atom stereocenters. The molecule has 3 aromatic rings. The van der Waals surface area contributed by atoms with Crippen molar-refractivity contribution in [1.82, 2.24) is 10.9 Å². The number of hydrazone groups is 2. The summed E-state index contributed by atoms with van der Waals surface area (Å²) < 4.78 is 10.4. The van der Waals surface area contributed by atoms with Crippen LogP contribution in [0.4, 0.5) is 11.4 Å². The highest BCUT2D eigenvalue weighted by molar-refractivity contribution is 7.80. The second-order valence-electron chi connectivity index (χ2n) is 7.40. The molecule has 0 spiro atoms. The van der Waals surface area contributed by atoms with Crippen molar-refractivity contribution in [2.45, 2.75) is 6.92 Å². The lowest BCUT2D eigenvalue weighted by atomic mass is 10.1. The molecule has 0 saturated heterocycles. The first-order chi connectivity index (χ1) is 17.4. The minimum Gasteiger partial charge on any atom is -0.507 e. The minimum atomic E-state index is 0.00930. The highest BCUT2D eigenvalue weighted by Gasteiger charge is 2.07. The number of aromatic hydroxyl groups is 1. The summed E-state index contributed by atoms with van der Waals surface area (Å²) in [6, 6.07) is 18.3. The van der Waals surface area contributed by atoms with E-state index in [1.807, 2.05) is 55.5 Å². The molecule has 186 valence electrons. The standard InChI is InChI=1S/C25H26N6O3S2/c1-16-10-17(14-26-30-24(35)28-19-6-4-8-21(12-19)33-2)23(32)18(11-16)15-27-31-25(36)29-20-7-5-9-22(13-20)34-3/h4-15,32H,1-3H3,(H2,28,30,35)(H2,29,31,36)/b26-14+,27-15?. The number of rotatable bonds is 8. The van der Waals surface area contributed by atoms with Gasteiger partial charge in [-0.3, -0.25) is 10.9 Å².